The van der Waals surface area contributed by atoms with Crippen LogP contribution in [0.15, 0.2) is 66.9 Å². The van der Waals surface area contributed by atoms with Crippen molar-refractivity contribution in [3.8, 4) is 11.3 Å². The minimum atomic E-state index is -1.02. The Morgan fingerprint density at radius 2 is 1.91 bits per heavy atom. The summed E-state index contributed by atoms with van der Waals surface area (Å²) in [7, 11) is 1.46. The third-order valence-corrected chi connectivity index (χ3v) is 5.68. The van der Waals surface area contributed by atoms with E-state index in [1.807, 2.05) is 13.0 Å². The number of halogens is 1. The summed E-state index contributed by atoms with van der Waals surface area (Å²) in [5.41, 5.74) is 7.65. The van der Waals surface area contributed by atoms with Crippen LogP contribution in [0.3, 0.4) is 0 Å². The minimum Gasteiger partial charge on any atom is -0.386 e. The van der Waals surface area contributed by atoms with Gasteiger partial charge in [-0.25, -0.2) is 9.37 Å². The molecule has 9 heteroatoms. The number of pyridine rings is 1. The molecule has 0 unspecified atom stereocenters. The second kappa shape index (κ2) is 10.0. The maximum atomic E-state index is 14.9. The van der Waals surface area contributed by atoms with E-state index in [2.05, 4.69) is 10.3 Å². The number of aliphatic hydroxyl groups is 1. The molecule has 2 aromatic heterocycles. The van der Waals surface area contributed by atoms with Crippen molar-refractivity contribution in [3.05, 3.63) is 95.1 Å². The zero-order chi connectivity index (χ0) is 25.1. The number of nitrogens with one attached hydrogen (secondary N) is 1. The van der Waals surface area contributed by atoms with Gasteiger partial charge in [-0.05, 0) is 48.4 Å². The number of primary amides is 1. The third kappa shape index (κ3) is 4.91. The number of rotatable bonds is 8. The average Bonchev–Trinajstić information content (AvgIpc) is 3.22. The number of aryl methyl sites for hydroxylation is 1. The van der Waals surface area contributed by atoms with Crippen molar-refractivity contribution in [2.75, 3.05) is 13.7 Å². The van der Waals surface area contributed by atoms with Crippen molar-refractivity contribution in [2.24, 2.45) is 5.73 Å². The Morgan fingerprint density at radius 3 is 2.60 bits per heavy atom. The molecular formula is C26H25FN4O4. The van der Waals surface area contributed by atoms with Crippen molar-refractivity contribution in [2.45, 2.75) is 19.1 Å². The lowest BCUT2D eigenvalue weighted by atomic mass is 10.0. The fraction of sp³-hybridized carbons (Fsp3) is 0.192. The van der Waals surface area contributed by atoms with Gasteiger partial charge in [-0.3, -0.25) is 14.0 Å². The van der Waals surface area contributed by atoms with Crippen molar-refractivity contribution in [1.82, 2.24) is 14.7 Å². The van der Waals surface area contributed by atoms with Crippen LogP contribution in [0.5, 0.6) is 0 Å². The molecule has 2 amide bonds. The number of fused-ring (bicyclic) bond motifs is 1. The number of ether oxygens (including phenoxy) is 1. The number of methoxy groups -OCH3 is 1. The monoisotopic (exact) mass is 476 g/mol. The number of carbonyl (C=O) groups excluding carboxylic acids is 2. The fourth-order valence-corrected chi connectivity index (χ4v) is 3.94. The van der Waals surface area contributed by atoms with E-state index in [-0.39, 0.29) is 29.1 Å². The van der Waals surface area contributed by atoms with Gasteiger partial charge < -0.3 is 20.9 Å². The molecule has 35 heavy (non-hydrogen) atoms. The molecule has 0 aliphatic rings. The van der Waals surface area contributed by atoms with Crippen LogP contribution in [-0.2, 0) is 4.74 Å². The first kappa shape index (κ1) is 24.1. The van der Waals surface area contributed by atoms with Crippen molar-refractivity contribution in [1.29, 1.82) is 0 Å². The molecule has 4 N–H and O–H groups in total. The molecule has 0 saturated heterocycles. The quantitative estimate of drug-likeness (QED) is 0.361. The number of aliphatic hydroxyl groups excluding tert-OH is 1. The largest absolute Gasteiger partial charge is 0.386 e. The molecule has 8 nitrogen and oxygen atoms in total. The third-order valence-electron chi connectivity index (χ3n) is 5.68. The van der Waals surface area contributed by atoms with Crippen molar-refractivity contribution in [3.63, 3.8) is 0 Å². The molecule has 0 fully saturated rings. The van der Waals surface area contributed by atoms with Crippen LogP contribution in [0, 0.1) is 12.7 Å². The normalized spacial score (nSPS) is 12.9. The molecule has 2 atom stereocenters. The SMILES string of the molecule is COC[C@H](NC(=O)c1ccc(F)c(-c2nc3cc(C)ccn3c2C(N)=O)c1)[C@@H](O)c1ccccc1. The van der Waals surface area contributed by atoms with E-state index in [1.165, 1.54) is 23.6 Å². The van der Waals surface area contributed by atoms with E-state index in [1.54, 1.807) is 42.6 Å². The summed E-state index contributed by atoms with van der Waals surface area (Å²) in [6.45, 7) is 1.91. The lowest BCUT2D eigenvalue weighted by Crippen LogP contribution is -2.42. The van der Waals surface area contributed by atoms with Gasteiger partial charge in [0, 0.05) is 24.4 Å². The van der Waals surface area contributed by atoms with E-state index in [4.69, 9.17) is 10.5 Å². The number of hydrogen-bond donors (Lipinski definition) is 3. The van der Waals surface area contributed by atoms with Gasteiger partial charge in [0.1, 0.15) is 29.0 Å². The predicted octanol–water partition coefficient (Wildman–Crippen LogP) is 3.03. The first-order chi connectivity index (χ1) is 16.8. The van der Waals surface area contributed by atoms with Crippen LogP contribution in [0.1, 0.15) is 38.1 Å². The summed E-state index contributed by atoms with van der Waals surface area (Å²) in [6, 6.07) is 15.4. The van der Waals surface area contributed by atoms with Crippen LogP contribution >= 0.6 is 0 Å². The van der Waals surface area contributed by atoms with Gasteiger partial charge in [0.25, 0.3) is 11.8 Å². The molecule has 0 aliphatic heterocycles. The fourth-order valence-electron chi connectivity index (χ4n) is 3.94. The smallest absolute Gasteiger partial charge is 0.268 e. The van der Waals surface area contributed by atoms with Gasteiger partial charge in [0.2, 0.25) is 0 Å². The van der Waals surface area contributed by atoms with E-state index < -0.39 is 29.8 Å². The molecule has 4 rings (SSSR count). The Bertz CT molecular complexity index is 1390. The highest BCUT2D eigenvalue weighted by molar-refractivity contribution is 6.00. The lowest BCUT2D eigenvalue weighted by Gasteiger charge is -2.24. The van der Waals surface area contributed by atoms with Crippen LogP contribution < -0.4 is 11.1 Å². The van der Waals surface area contributed by atoms with E-state index >= 15 is 0 Å². The van der Waals surface area contributed by atoms with Crippen LogP contribution in [0.2, 0.25) is 0 Å². The molecular weight excluding hydrogens is 451 g/mol. The summed E-state index contributed by atoms with van der Waals surface area (Å²) < 4.78 is 21.6. The Balaban J connectivity index is 1.70. The maximum Gasteiger partial charge on any atom is 0.268 e. The van der Waals surface area contributed by atoms with Gasteiger partial charge >= 0.3 is 0 Å². The number of benzene rings is 2. The first-order valence-electron chi connectivity index (χ1n) is 10.9. The number of nitrogens with two attached hydrogens (primary N) is 1. The van der Waals surface area contributed by atoms with E-state index in [0.29, 0.717) is 11.2 Å². The van der Waals surface area contributed by atoms with Crippen molar-refractivity contribution < 1.29 is 23.8 Å². The summed E-state index contributed by atoms with van der Waals surface area (Å²) >= 11 is 0. The average molecular weight is 477 g/mol. The Hall–Kier alpha value is -4.08. The maximum absolute atomic E-state index is 14.9. The molecule has 4 aromatic rings. The number of carbonyl (C=O) groups is 2. The second-order valence-corrected chi connectivity index (χ2v) is 8.19. The summed E-state index contributed by atoms with van der Waals surface area (Å²) in [5, 5.41) is 13.5. The molecule has 0 bridgehead atoms. The second-order valence-electron chi connectivity index (χ2n) is 8.19. The van der Waals surface area contributed by atoms with E-state index in [9.17, 15) is 19.1 Å². The molecule has 2 aromatic carbocycles. The Labute approximate surface area is 201 Å². The highest BCUT2D eigenvalue weighted by Crippen LogP contribution is 2.28. The lowest BCUT2D eigenvalue weighted by molar-refractivity contribution is 0.0594. The molecule has 0 spiro atoms. The van der Waals surface area contributed by atoms with Gasteiger partial charge in [0.15, 0.2) is 0 Å². The van der Waals surface area contributed by atoms with Crippen LogP contribution in [0.4, 0.5) is 4.39 Å². The van der Waals surface area contributed by atoms with E-state index in [0.717, 1.165) is 11.6 Å². The van der Waals surface area contributed by atoms with Crippen LogP contribution in [0.25, 0.3) is 16.9 Å². The zero-order valence-electron chi connectivity index (χ0n) is 19.2. The molecule has 0 aliphatic carbocycles. The number of amides is 2. The Morgan fingerprint density at radius 1 is 1.17 bits per heavy atom. The predicted molar refractivity (Wildman–Crippen MR) is 128 cm³/mol. The number of aromatic nitrogens is 2. The summed E-state index contributed by atoms with van der Waals surface area (Å²) in [5.74, 6) is -2.00. The van der Waals surface area contributed by atoms with Gasteiger partial charge in [-0.1, -0.05) is 30.3 Å². The Kier molecular flexibility index (Phi) is 6.90. The van der Waals surface area contributed by atoms with Gasteiger partial charge in [0.05, 0.1) is 12.6 Å². The topological polar surface area (TPSA) is 119 Å². The molecule has 180 valence electrons. The van der Waals surface area contributed by atoms with Crippen molar-refractivity contribution >= 4 is 17.5 Å². The first-order valence-corrected chi connectivity index (χ1v) is 10.9. The highest BCUT2D eigenvalue weighted by Gasteiger charge is 2.25. The standard InChI is InChI=1S/C26H25FN4O4/c1-15-10-11-31-21(12-15)30-22(23(31)25(28)33)18-13-17(8-9-19(18)27)26(34)29-20(14-35-2)24(32)16-6-4-3-5-7-16/h3-13,20,24,32H,14H2,1-2H3,(H2,28,33)(H,29,34)/t20-,24-/m0/s1. The number of nitrogens with zero attached hydrogens (tertiary/aromatic N) is 2. The number of imidazole rings is 1. The molecule has 2 heterocycles. The zero-order valence-corrected chi connectivity index (χ0v) is 19.2. The highest BCUT2D eigenvalue weighted by atomic mass is 19.1. The molecule has 0 saturated carbocycles. The van der Waals surface area contributed by atoms with Crippen LogP contribution in [-0.4, -0.2) is 46.1 Å². The van der Waals surface area contributed by atoms with Gasteiger partial charge in [-0.2, -0.15) is 0 Å². The summed E-state index contributed by atoms with van der Waals surface area (Å²) in [6.07, 6.45) is 0.610. The summed E-state index contributed by atoms with van der Waals surface area (Å²) in [4.78, 5) is 29.7. The minimum absolute atomic E-state index is 0.00761. The number of hydrogen-bond acceptors (Lipinski definition) is 5. The molecule has 0 radical (unpaired) electrons. The van der Waals surface area contributed by atoms with Gasteiger partial charge in [-0.15, -0.1) is 0 Å².